The predicted molar refractivity (Wildman–Crippen MR) is 65.8 cm³/mol. The summed E-state index contributed by atoms with van der Waals surface area (Å²) >= 11 is 1.92. The van der Waals surface area contributed by atoms with Crippen LogP contribution in [0.15, 0.2) is 12.2 Å². The molecule has 3 N–H and O–H groups in total. The highest BCUT2D eigenvalue weighted by atomic mass is 32.2. The maximum atomic E-state index is 5.74. The Hall–Kier alpha value is 0.0100. The van der Waals surface area contributed by atoms with Crippen molar-refractivity contribution in [3.8, 4) is 0 Å². The van der Waals surface area contributed by atoms with E-state index in [0.29, 0.717) is 12.1 Å². The fraction of sp³-hybridized carbons (Fsp3) is 0.818. The van der Waals surface area contributed by atoms with Gasteiger partial charge in [-0.25, -0.2) is 0 Å². The van der Waals surface area contributed by atoms with E-state index in [1.54, 1.807) is 0 Å². The molecule has 1 unspecified atom stereocenters. The molecule has 82 valence electrons. The van der Waals surface area contributed by atoms with Gasteiger partial charge in [-0.15, -0.1) is 0 Å². The third-order valence-corrected chi connectivity index (χ3v) is 3.36. The van der Waals surface area contributed by atoms with Crippen LogP contribution in [0.4, 0.5) is 0 Å². The van der Waals surface area contributed by atoms with Gasteiger partial charge in [-0.2, -0.15) is 11.8 Å². The van der Waals surface area contributed by atoms with E-state index in [1.165, 1.54) is 31.4 Å². The molecule has 2 nitrogen and oxygen atoms in total. The molecule has 14 heavy (non-hydrogen) atoms. The Morgan fingerprint density at radius 1 is 1.50 bits per heavy atom. The van der Waals surface area contributed by atoms with Gasteiger partial charge in [0.15, 0.2) is 0 Å². The highest BCUT2D eigenvalue weighted by Crippen LogP contribution is 2.11. The van der Waals surface area contributed by atoms with Crippen LogP contribution in [0.3, 0.4) is 0 Å². The topological polar surface area (TPSA) is 38.0 Å². The van der Waals surface area contributed by atoms with Gasteiger partial charge >= 0.3 is 0 Å². The summed E-state index contributed by atoms with van der Waals surface area (Å²) in [5, 5.41) is 3.63. The molecule has 0 heterocycles. The van der Waals surface area contributed by atoms with Crippen molar-refractivity contribution in [2.45, 2.75) is 37.8 Å². The lowest BCUT2D eigenvalue weighted by Crippen LogP contribution is -2.41. The summed E-state index contributed by atoms with van der Waals surface area (Å²) in [6.07, 6.45) is 11.5. The van der Waals surface area contributed by atoms with Crippen molar-refractivity contribution in [2.75, 3.05) is 18.6 Å². The monoisotopic (exact) mass is 214 g/mol. The Morgan fingerprint density at radius 2 is 2.21 bits per heavy atom. The van der Waals surface area contributed by atoms with Gasteiger partial charge in [0.05, 0.1) is 0 Å². The van der Waals surface area contributed by atoms with E-state index in [2.05, 4.69) is 23.7 Å². The first kappa shape index (κ1) is 12.1. The second-order valence-corrected chi connectivity index (χ2v) is 4.86. The van der Waals surface area contributed by atoms with Crippen molar-refractivity contribution in [1.82, 2.24) is 5.32 Å². The first-order valence-corrected chi connectivity index (χ1v) is 6.86. The number of hydrogen-bond donors (Lipinski definition) is 2. The molecule has 0 aromatic heterocycles. The number of rotatable bonds is 7. The maximum Gasteiger partial charge on any atom is 0.0193 e. The molecule has 0 amide bonds. The van der Waals surface area contributed by atoms with Crippen LogP contribution in [0.5, 0.6) is 0 Å². The van der Waals surface area contributed by atoms with Crippen LogP contribution in [0.2, 0.25) is 0 Å². The van der Waals surface area contributed by atoms with Crippen LogP contribution < -0.4 is 11.1 Å². The summed E-state index contributed by atoms with van der Waals surface area (Å²) in [5.74, 6) is 1.25. The molecule has 3 heteroatoms. The molecule has 0 radical (unpaired) electrons. The third kappa shape index (κ3) is 4.49. The van der Waals surface area contributed by atoms with Crippen molar-refractivity contribution in [3.05, 3.63) is 12.2 Å². The van der Waals surface area contributed by atoms with Crippen LogP contribution >= 0.6 is 11.8 Å². The maximum absolute atomic E-state index is 5.74. The second kappa shape index (κ2) is 7.32. The summed E-state index contributed by atoms with van der Waals surface area (Å²) in [4.78, 5) is 0. The van der Waals surface area contributed by atoms with E-state index in [4.69, 9.17) is 5.73 Å². The van der Waals surface area contributed by atoms with E-state index in [-0.39, 0.29) is 0 Å². The molecule has 0 fully saturated rings. The molecule has 0 aromatic rings. The predicted octanol–water partition coefficient (Wildman–Crippen LogP) is 1.77. The van der Waals surface area contributed by atoms with Gasteiger partial charge in [-0.3, -0.25) is 0 Å². The van der Waals surface area contributed by atoms with Crippen molar-refractivity contribution >= 4 is 11.8 Å². The van der Waals surface area contributed by atoms with Crippen molar-refractivity contribution in [3.63, 3.8) is 0 Å². The zero-order valence-corrected chi connectivity index (χ0v) is 9.85. The normalized spacial score (nSPS) is 19.0. The highest BCUT2D eigenvalue weighted by Gasteiger charge is 2.14. The van der Waals surface area contributed by atoms with Crippen LogP contribution in [0.1, 0.15) is 25.7 Å². The standard InChI is InChI=1S/C11H22N2S/c1-14-8-4-7-11(9-12)13-10-5-2-3-6-10/h2-3,10-11,13H,4-9,12H2,1H3. The lowest BCUT2D eigenvalue weighted by atomic mass is 10.1. The average molecular weight is 214 g/mol. The summed E-state index contributed by atoms with van der Waals surface area (Å²) in [6.45, 7) is 0.769. The minimum atomic E-state index is 0.520. The zero-order valence-electron chi connectivity index (χ0n) is 9.04. The van der Waals surface area contributed by atoms with Gasteiger partial charge in [-0.05, 0) is 37.7 Å². The van der Waals surface area contributed by atoms with Crippen LogP contribution in [-0.2, 0) is 0 Å². The smallest absolute Gasteiger partial charge is 0.0193 e. The highest BCUT2D eigenvalue weighted by molar-refractivity contribution is 7.98. The second-order valence-electron chi connectivity index (χ2n) is 3.87. The zero-order chi connectivity index (χ0) is 10.2. The Balaban J connectivity index is 2.10. The molecule has 0 saturated carbocycles. The molecule has 1 rings (SSSR count). The van der Waals surface area contributed by atoms with Gasteiger partial charge in [0, 0.05) is 18.6 Å². The molecule has 1 atom stereocenters. The molecule has 1 aliphatic rings. The molecule has 0 spiro atoms. The summed E-state index contributed by atoms with van der Waals surface area (Å²) in [6, 6.07) is 1.17. The van der Waals surface area contributed by atoms with Crippen molar-refractivity contribution in [2.24, 2.45) is 5.73 Å². The van der Waals surface area contributed by atoms with Crippen molar-refractivity contribution in [1.29, 1.82) is 0 Å². The van der Waals surface area contributed by atoms with Gasteiger partial charge in [0.1, 0.15) is 0 Å². The first-order valence-electron chi connectivity index (χ1n) is 5.47. The minimum absolute atomic E-state index is 0.520. The van der Waals surface area contributed by atoms with Gasteiger partial charge in [0.2, 0.25) is 0 Å². The Bertz CT molecular complexity index is 163. The third-order valence-electron chi connectivity index (χ3n) is 2.66. The van der Waals surface area contributed by atoms with E-state index in [9.17, 15) is 0 Å². The molecule has 1 aliphatic carbocycles. The first-order chi connectivity index (χ1) is 6.86. The SMILES string of the molecule is CSCCCC(CN)NC1CC=CC1. The van der Waals surface area contributed by atoms with Gasteiger partial charge in [-0.1, -0.05) is 12.2 Å². The van der Waals surface area contributed by atoms with Crippen molar-refractivity contribution < 1.29 is 0 Å². The Labute approximate surface area is 91.7 Å². The lowest BCUT2D eigenvalue weighted by molar-refractivity contribution is 0.420. The van der Waals surface area contributed by atoms with Crippen LogP contribution in [0.25, 0.3) is 0 Å². The molecule has 0 aliphatic heterocycles. The average Bonchev–Trinajstić information content (AvgIpc) is 2.69. The molecule has 0 aromatic carbocycles. The number of nitrogens with two attached hydrogens (primary N) is 1. The number of nitrogens with one attached hydrogen (secondary N) is 1. The van der Waals surface area contributed by atoms with Crippen LogP contribution in [-0.4, -0.2) is 30.6 Å². The van der Waals surface area contributed by atoms with Crippen LogP contribution in [0, 0.1) is 0 Å². The number of thioether (sulfide) groups is 1. The van der Waals surface area contributed by atoms with Gasteiger partial charge in [0.25, 0.3) is 0 Å². The quantitative estimate of drug-likeness (QED) is 0.501. The fourth-order valence-corrected chi connectivity index (χ4v) is 2.29. The number of hydrogen-bond acceptors (Lipinski definition) is 3. The van der Waals surface area contributed by atoms with E-state index >= 15 is 0 Å². The van der Waals surface area contributed by atoms with E-state index < -0.39 is 0 Å². The summed E-state index contributed by atoms with van der Waals surface area (Å²) in [7, 11) is 0. The largest absolute Gasteiger partial charge is 0.329 e. The Morgan fingerprint density at radius 3 is 2.79 bits per heavy atom. The molecular weight excluding hydrogens is 192 g/mol. The van der Waals surface area contributed by atoms with E-state index in [0.717, 1.165) is 6.54 Å². The molecular formula is C11H22N2S. The summed E-state index contributed by atoms with van der Waals surface area (Å²) < 4.78 is 0. The fourth-order valence-electron chi connectivity index (χ4n) is 1.83. The van der Waals surface area contributed by atoms with E-state index in [1.807, 2.05) is 11.8 Å². The lowest BCUT2D eigenvalue weighted by Gasteiger charge is -2.21. The Kier molecular flexibility index (Phi) is 6.32. The van der Waals surface area contributed by atoms with Gasteiger partial charge < -0.3 is 11.1 Å². The molecule has 0 saturated heterocycles. The molecule has 0 bridgehead atoms. The summed E-state index contributed by atoms with van der Waals surface area (Å²) in [5.41, 5.74) is 5.74. The minimum Gasteiger partial charge on any atom is -0.329 e.